The molecule has 0 spiro atoms. The minimum atomic E-state index is -0.502. The Kier molecular flexibility index (Phi) is 5.38. The quantitative estimate of drug-likeness (QED) is 0.931. The van der Waals surface area contributed by atoms with Crippen molar-refractivity contribution in [2.45, 2.75) is 33.0 Å². The summed E-state index contributed by atoms with van der Waals surface area (Å²) in [5, 5.41) is 2.60. The molecule has 1 fully saturated rings. The van der Waals surface area contributed by atoms with Crippen molar-refractivity contribution >= 4 is 17.7 Å². The Balaban J connectivity index is 2.00. The van der Waals surface area contributed by atoms with Gasteiger partial charge in [-0.1, -0.05) is 0 Å². The molecular formula is C16H22N2O4. The van der Waals surface area contributed by atoms with E-state index in [0.29, 0.717) is 30.9 Å². The Morgan fingerprint density at radius 2 is 1.82 bits per heavy atom. The third-order valence-corrected chi connectivity index (χ3v) is 3.36. The average Bonchev–Trinajstić information content (AvgIpc) is 2.46. The van der Waals surface area contributed by atoms with E-state index in [4.69, 9.17) is 9.47 Å². The summed E-state index contributed by atoms with van der Waals surface area (Å²) in [6.07, 6.45) is -0.424. The summed E-state index contributed by atoms with van der Waals surface area (Å²) in [5.41, 5.74) is 1.19. The van der Waals surface area contributed by atoms with Crippen molar-refractivity contribution in [1.29, 1.82) is 0 Å². The number of morpholine rings is 1. The third kappa shape index (κ3) is 4.21. The number of carbonyl (C=O) groups excluding carboxylic acids is 2. The molecule has 1 saturated heterocycles. The van der Waals surface area contributed by atoms with E-state index in [1.165, 1.54) is 0 Å². The van der Waals surface area contributed by atoms with Crippen LogP contribution in [0.4, 0.5) is 10.5 Å². The van der Waals surface area contributed by atoms with E-state index < -0.39 is 6.09 Å². The topological polar surface area (TPSA) is 67.9 Å². The van der Waals surface area contributed by atoms with Gasteiger partial charge in [-0.15, -0.1) is 0 Å². The molecule has 2 amide bonds. The summed E-state index contributed by atoms with van der Waals surface area (Å²) in [5.74, 6) is -0.0234. The minimum absolute atomic E-state index is 0.0234. The van der Waals surface area contributed by atoms with E-state index in [9.17, 15) is 9.59 Å². The largest absolute Gasteiger partial charge is 0.450 e. The van der Waals surface area contributed by atoms with Gasteiger partial charge in [0, 0.05) is 24.3 Å². The van der Waals surface area contributed by atoms with Crippen molar-refractivity contribution in [2.24, 2.45) is 0 Å². The normalized spacial score (nSPS) is 21.3. The van der Waals surface area contributed by atoms with E-state index >= 15 is 0 Å². The lowest BCUT2D eigenvalue weighted by Crippen LogP contribution is -2.48. The molecule has 1 aromatic carbocycles. The molecule has 22 heavy (non-hydrogen) atoms. The predicted molar refractivity (Wildman–Crippen MR) is 83.0 cm³/mol. The van der Waals surface area contributed by atoms with Crippen LogP contribution in [0.2, 0.25) is 0 Å². The monoisotopic (exact) mass is 306 g/mol. The van der Waals surface area contributed by atoms with Crippen LogP contribution in [-0.2, 0) is 9.47 Å². The first-order valence-electron chi connectivity index (χ1n) is 7.48. The van der Waals surface area contributed by atoms with Crippen LogP contribution < -0.4 is 5.32 Å². The smallest absolute Gasteiger partial charge is 0.411 e. The number of rotatable bonds is 3. The summed E-state index contributed by atoms with van der Waals surface area (Å²) < 4.78 is 10.4. The van der Waals surface area contributed by atoms with E-state index in [1.54, 1.807) is 36.1 Å². The first kappa shape index (κ1) is 16.3. The van der Waals surface area contributed by atoms with Crippen LogP contribution >= 0.6 is 0 Å². The molecule has 2 unspecified atom stereocenters. The summed E-state index contributed by atoms with van der Waals surface area (Å²) in [6.45, 7) is 7.16. The standard InChI is InChI=1S/C16H22N2O4/c1-4-21-16(20)17-14-7-5-13(6-8-14)15(19)18-9-11(2)22-12(3)10-18/h5-8,11-12H,4,9-10H2,1-3H3,(H,17,20). The van der Waals surface area contributed by atoms with E-state index in [1.807, 2.05) is 13.8 Å². The second kappa shape index (κ2) is 7.26. The van der Waals surface area contributed by atoms with Gasteiger partial charge in [0.25, 0.3) is 5.91 Å². The molecule has 1 aromatic rings. The number of ether oxygens (including phenoxy) is 2. The number of amides is 2. The molecule has 0 aromatic heterocycles. The van der Waals surface area contributed by atoms with E-state index in [-0.39, 0.29) is 18.1 Å². The Morgan fingerprint density at radius 1 is 1.23 bits per heavy atom. The fourth-order valence-electron chi connectivity index (χ4n) is 2.51. The van der Waals surface area contributed by atoms with Gasteiger partial charge in [0.2, 0.25) is 0 Å². The zero-order valence-electron chi connectivity index (χ0n) is 13.2. The Bertz CT molecular complexity index is 519. The molecule has 1 N–H and O–H groups in total. The summed E-state index contributed by atoms with van der Waals surface area (Å²) in [4.78, 5) is 25.6. The SMILES string of the molecule is CCOC(=O)Nc1ccc(C(=O)N2CC(C)OC(C)C2)cc1. The van der Waals surface area contributed by atoms with Crippen molar-refractivity contribution in [3.05, 3.63) is 29.8 Å². The second-order valence-corrected chi connectivity index (χ2v) is 5.39. The molecule has 0 saturated carbocycles. The maximum atomic E-state index is 12.5. The van der Waals surface area contributed by atoms with Crippen molar-refractivity contribution in [1.82, 2.24) is 4.90 Å². The van der Waals surface area contributed by atoms with Gasteiger partial charge in [0.15, 0.2) is 0 Å². The van der Waals surface area contributed by atoms with Gasteiger partial charge in [-0.3, -0.25) is 10.1 Å². The Morgan fingerprint density at radius 3 is 2.36 bits per heavy atom. The van der Waals surface area contributed by atoms with Gasteiger partial charge < -0.3 is 14.4 Å². The predicted octanol–water partition coefficient (Wildman–Crippen LogP) is 2.50. The highest BCUT2D eigenvalue weighted by molar-refractivity contribution is 5.95. The average molecular weight is 306 g/mol. The lowest BCUT2D eigenvalue weighted by atomic mass is 10.1. The maximum absolute atomic E-state index is 12.5. The Hall–Kier alpha value is -2.08. The molecule has 0 radical (unpaired) electrons. The van der Waals surface area contributed by atoms with Crippen LogP contribution in [0.1, 0.15) is 31.1 Å². The molecule has 1 aliphatic heterocycles. The van der Waals surface area contributed by atoms with E-state index in [2.05, 4.69) is 5.32 Å². The zero-order valence-corrected chi connectivity index (χ0v) is 13.2. The van der Waals surface area contributed by atoms with Gasteiger partial charge >= 0.3 is 6.09 Å². The minimum Gasteiger partial charge on any atom is -0.450 e. The highest BCUT2D eigenvalue weighted by atomic mass is 16.5. The molecule has 2 atom stereocenters. The molecule has 2 rings (SSSR count). The van der Waals surface area contributed by atoms with Crippen LogP contribution in [0.5, 0.6) is 0 Å². The van der Waals surface area contributed by atoms with Gasteiger partial charge in [-0.05, 0) is 45.0 Å². The van der Waals surface area contributed by atoms with Crippen LogP contribution in [0, 0.1) is 0 Å². The highest BCUT2D eigenvalue weighted by Gasteiger charge is 2.26. The first-order chi connectivity index (χ1) is 10.5. The van der Waals surface area contributed by atoms with Gasteiger partial charge in [-0.25, -0.2) is 4.79 Å². The van der Waals surface area contributed by atoms with Crippen molar-refractivity contribution in [2.75, 3.05) is 25.0 Å². The summed E-state index contributed by atoms with van der Waals surface area (Å²) >= 11 is 0. The summed E-state index contributed by atoms with van der Waals surface area (Å²) in [7, 11) is 0. The number of hydrogen-bond donors (Lipinski definition) is 1. The van der Waals surface area contributed by atoms with Crippen molar-refractivity contribution in [3.8, 4) is 0 Å². The van der Waals surface area contributed by atoms with Crippen LogP contribution in [0.15, 0.2) is 24.3 Å². The lowest BCUT2D eigenvalue weighted by molar-refractivity contribution is -0.0586. The number of hydrogen-bond acceptors (Lipinski definition) is 4. The fourth-order valence-corrected chi connectivity index (χ4v) is 2.51. The maximum Gasteiger partial charge on any atom is 0.411 e. The molecular weight excluding hydrogens is 284 g/mol. The first-order valence-corrected chi connectivity index (χ1v) is 7.48. The van der Waals surface area contributed by atoms with Crippen LogP contribution in [0.3, 0.4) is 0 Å². The molecule has 0 bridgehead atoms. The Labute approximate surface area is 130 Å². The molecule has 1 aliphatic rings. The second-order valence-electron chi connectivity index (χ2n) is 5.39. The molecule has 6 nitrogen and oxygen atoms in total. The lowest BCUT2D eigenvalue weighted by Gasteiger charge is -2.35. The number of nitrogens with zero attached hydrogens (tertiary/aromatic N) is 1. The van der Waals surface area contributed by atoms with Crippen LogP contribution in [0.25, 0.3) is 0 Å². The number of benzene rings is 1. The summed E-state index contributed by atoms with van der Waals surface area (Å²) in [6, 6.07) is 6.79. The molecule has 1 heterocycles. The molecule has 120 valence electrons. The third-order valence-electron chi connectivity index (χ3n) is 3.36. The fraction of sp³-hybridized carbons (Fsp3) is 0.500. The number of anilines is 1. The van der Waals surface area contributed by atoms with E-state index in [0.717, 1.165) is 0 Å². The number of carbonyl (C=O) groups is 2. The van der Waals surface area contributed by atoms with Crippen molar-refractivity contribution in [3.63, 3.8) is 0 Å². The zero-order chi connectivity index (χ0) is 16.1. The number of nitrogens with one attached hydrogen (secondary N) is 1. The van der Waals surface area contributed by atoms with Gasteiger partial charge in [-0.2, -0.15) is 0 Å². The molecule has 0 aliphatic carbocycles. The molecule has 6 heteroatoms. The van der Waals surface area contributed by atoms with Crippen LogP contribution in [-0.4, -0.2) is 48.8 Å². The highest BCUT2D eigenvalue weighted by Crippen LogP contribution is 2.16. The van der Waals surface area contributed by atoms with Gasteiger partial charge in [0.1, 0.15) is 0 Å². The van der Waals surface area contributed by atoms with Gasteiger partial charge in [0.05, 0.1) is 18.8 Å². The van der Waals surface area contributed by atoms with Crippen molar-refractivity contribution < 1.29 is 19.1 Å².